The first-order valence-corrected chi connectivity index (χ1v) is 10.2. The molecule has 1 amide bonds. The number of primary amides is 1. The van der Waals surface area contributed by atoms with Crippen molar-refractivity contribution in [2.45, 2.75) is 13.5 Å². The minimum Gasteiger partial charge on any atom is -0.487 e. The smallest absolute Gasteiger partial charge is 0.365 e. The maximum atomic E-state index is 12.4. The number of amides is 1. The molecule has 0 aliphatic rings. The molecule has 0 aliphatic carbocycles. The number of carbonyl (C=O) groups excluding carboxylic acids is 2. The van der Waals surface area contributed by atoms with Crippen LogP contribution in [0.2, 0.25) is 5.02 Å². The molecule has 0 aromatic heterocycles. The summed E-state index contributed by atoms with van der Waals surface area (Å²) in [6, 6.07) is 18.7. The first-order chi connectivity index (χ1) is 15.8. The second-order valence-corrected chi connectivity index (χ2v) is 7.46. The number of rotatable bonds is 9. The van der Waals surface area contributed by atoms with E-state index >= 15 is 0 Å². The van der Waals surface area contributed by atoms with Gasteiger partial charge in [0, 0.05) is 5.56 Å². The van der Waals surface area contributed by atoms with Gasteiger partial charge < -0.3 is 25.8 Å². The second-order valence-electron chi connectivity index (χ2n) is 7.06. The molecule has 0 spiro atoms. The number of aryl methyl sites for hydroxylation is 1. The van der Waals surface area contributed by atoms with E-state index in [2.05, 4.69) is 5.16 Å². The molecular formula is C24H22ClN3O5. The minimum atomic E-state index is -0.671. The van der Waals surface area contributed by atoms with Gasteiger partial charge in [-0.1, -0.05) is 35.0 Å². The van der Waals surface area contributed by atoms with Gasteiger partial charge in [0.1, 0.15) is 18.1 Å². The van der Waals surface area contributed by atoms with E-state index in [1.54, 1.807) is 48.5 Å². The van der Waals surface area contributed by atoms with Crippen LogP contribution < -0.4 is 20.9 Å². The van der Waals surface area contributed by atoms with Crippen molar-refractivity contribution in [2.75, 3.05) is 6.61 Å². The number of carbonyl (C=O) groups is 2. The molecule has 170 valence electrons. The highest BCUT2D eigenvalue weighted by atomic mass is 35.5. The number of hydrogen-bond donors (Lipinski definition) is 2. The molecule has 0 radical (unpaired) electrons. The van der Waals surface area contributed by atoms with E-state index in [0.29, 0.717) is 22.1 Å². The average molecular weight is 468 g/mol. The zero-order valence-electron chi connectivity index (χ0n) is 17.8. The number of amidine groups is 1. The van der Waals surface area contributed by atoms with Crippen LogP contribution >= 0.6 is 11.6 Å². The molecule has 33 heavy (non-hydrogen) atoms. The number of nitrogens with two attached hydrogens (primary N) is 2. The van der Waals surface area contributed by atoms with Crippen LogP contribution in [0.5, 0.6) is 11.5 Å². The third kappa shape index (κ3) is 6.98. The average Bonchev–Trinajstić information content (AvgIpc) is 2.82. The highest BCUT2D eigenvalue weighted by Gasteiger charge is 2.10. The molecule has 8 nitrogen and oxygen atoms in total. The predicted octanol–water partition coefficient (Wildman–Crippen LogP) is 3.57. The molecule has 0 bridgehead atoms. The summed E-state index contributed by atoms with van der Waals surface area (Å²) in [7, 11) is 0. The molecule has 0 saturated heterocycles. The molecule has 0 unspecified atom stereocenters. The van der Waals surface area contributed by atoms with E-state index in [9.17, 15) is 9.59 Å². The van der Waals surface area contributed by atoms with Gasteiger partial charge in [-0.25, -0.2) is 4.79 Å². The van der Waals surface area contributed by atoms with Crippen LogP contribution in [0.4, 0.5) is 0 Å². The summed E-state index contributed by atoms with van der Waals surface area (Å²) in [5, 5.41) is 4.21. The fourth-order valence-corrected chi connectivity index (χ4v) is 2.91. The summed E-state index contributed by atoms with van der Waals surface area (Å²) >= 11 is 6.15. The van der Waals surface area contributed by atoms with E-state index in [1.807, 2.05) is 25.1 Å². The van der Waals surface area contributed by atoms with E-state index < -0.39 is 11.9 Å². The zero-order valence-corrected chi connectivity index (χ0v) is 18.5. The van der Waals surface area contributed by atoms with Crippen LogP contribution in [0.1, 0.15) is 27.0 Å². The van der Waals surface area contributed by atoms with Crippen LogP contribution in [-0.2, 0) is 16.2 Å². The summed E-state index contributed by atoms with van der Waals surface area (Å²) in [5.41, 5.74) is 13.5. The fraction of sp³-hybridized carbons (Fsp3) is 0.125. The number of oxime groups is 1. The standard InChI is InChI=1S/C24H22ClN3O5/c1-15-5-10-20(25)21(11-15)32-13-16-3-2-4-18(12-16)24(30)33-28-23(27)17-6-8-19(9-7-17)31-14-22(26)29/h2-12H,13-14H2,1H3,(H2,26,29)(H2,27,28). The number of halogens is 1. The monoisotopic (exact) mass is 467 g/mol. The van der Waals surface area contributed by atoms with Crippen molar-refractivity contribution in [3.63, 3.8) is 0 Å². The summed E-state index contributed by atoms with van der Waals surface area (Å²) in [5.74, 6) is -0.253. The Morgan fingerprint density at radius 3 is 2.42 bits per heavy atom. The van der Waals surface area contributed by atoms with Gasteiger partial charge in [0.05, 0.1) is 10.6 Å². The van der Waals surface area contributed by atoms with Crippen LogP contribution in [0.15, 0.2) is 71.9 Å². The summed E-state index contributed by atoms with van der Waals surface area (Å²) < 4.78 is 10.9. The van der Waals surface area contributed by atoms with E-state index in [4.69, 9.17) is 37.4 Å². The van der Waals surface area contributed by atoms with Crippen LogP contribution in [0.25, 0.3) is 0 Å². The van der Waals surface area contributed by atoms with Gasteiger partial charge in [-0.2, -0.15) is 0 Å². The Balaban J connectivity index is 1.60. The molecule has 4 N–H and O–H groups in total. The highest BCUT2D eigenvalue weighted by molar-refractivity contribution is 6.32. The van der Waals surface area contributed by atoms with Gasteiger partial charge in [0.15, 0.2) is 12.4 Å². The maximum Gasteiger partial charge on any atom is 0.365 e. The molecule has 0 atom stereocenters. The highest BCUT2D eigenvalue weighted by Crippen LogP contribution is 2.26. The van der Waals surface area contributed by atoms with Crippen molar-refractivity contribution in [3.05, 3.63) is 94.0 Å². The first kappa shape index (κ1) is 23.6. The summed E-state index contributed by atoms with van der Waals surface area (Å²) in [4.78, 5) is 28.1. The zero-order chi connectivity index (χ0) is 23.8. The SMILES string of the molecule is Cc1ccc(Cl)c(OCc2cccc(C(=O)O/N=C(\N)c3ccc(OCC(N)=O)cc3)c2)c1. The Hall–Kier alpha value is -4.04. The van der Waals surface area contributed by atoms with Gasteiger partial charge in [-0.05, 0) is 66.6 Å². The number of ether oxygens (including phenoxy) is 2. The second kappa shape index (κ2) is 11.0. The molecule has 0 saturated carbocycles. The normalized spacial score (nSPS) is 11.0. The molecule has 3 aromatic rings. The van der Waals surface area contributed by atoms with Crippen molar-refractivity contribution in [1.29, 1.82) is 0 Å². The van der Waals surface area contributed by atoms with Crippen molar-refractivity contribution < 1.29 is 23.9 Å². The van der Waals surface area contributed by atoms with Crippen molar-refractivity contribution in [2.24, 2.45) is 16.6 Å². The van der Waals surface area contributed by atoms with Crippen molar-refractivity contribution >= 4 is 29.3 Å². The number of benzene rings is 3. The quantitative estimate of drug-likeness (QED) is 0.214. The van der Waals surface area contributed by atoms with Crippen molar-refractivity contribution in [3.8, 4) is 11.5 Å². The largest absolute Gasteiger partial charge is 0.487 e. The number of nitrogens with zero attached hydrogens (tertiary/aromatic N) is 1. The number of hydrogen-bond acceptors (Lipinski definition) is 6. The first-order valence-electron chi connectivity index (χ1n) is 9.86. The summed E-state index contributed by atoms with van der Waals surface area (Å²) in [6.07, 6.45) is 0. The van der Waals surface area contributed by atoms with Crippen molar-refractivity contribution in [1.82, 2.24) is 0 Å². The Bertz CT molecular complexity index is 1180. The predicted molar refractivity (Wildman–Crippen MR) is 124 cm³/mol. The van der Waals surface area contributed by atoms with Gasteiger partial charge in [0.25, 0.3) is 5.91 Å². The Labute approximate surface area is 195 Å². The lowest BCUT2D eigenvalue weighted by molar-refractivity contribution is -0.119. The third-order valence-electron chi connectivity index (χ3n) is 4.40. The Morgan fingerprint density at radius 1 is 0.939 bits per heavy atom. The topological polar surface area (TPSA) is 126 Å². The van der Waals surface area contributed by atoms with Gasteiger partial charge in [0.2, 0.25) is 0 Å². The minimum absolute atomic E-state index is 0.00150. The van der Waals surface area contributed by atoms with E-state index in [-0.39, 0.29) is 24.6 Å². The molecular weight excluding hydrogens is 446 g/mol. The van der Waals surface area contributed by atoms with Crippen LogP contribution in [0, 0.1) is 6.92 Å². The lowest BCUT2D eigenvalue weighted by Crippen LogP contribution is -2.20. The summed E-state index contributed by atoms with van der Waals surface area (Å²) in [6.45, 7) is 1.93. The lowest BCUT2D eigenvalue weighted by atomic mass is 10.1. The van der Waals surface area contributed by atoms with Crippen LogP contribution in [0.3, 0.4) is 0 Å². The molecule has 0 heterocycles. The van der Waals surface area contributed by atoms with Gasteiger partial charge in [-0.15, -0.1) is 0 Å². The molecule has 9 heteroatoms. The Morgan fingerprint density at radius 2 is 1.70 bits per heavy atom. The fourth-order valence-electron chi connectivity index (χ4n) is 2.74. The molecule has 0 fully saturated rings. The molecule has 0 aliphatic heterocycles. The van der Waals surface area contributed by atoms with Gasteiger partial charge in [-0.3, -0.25) is 4.79 Å². The lowest BCUT2D eigenvalue weighted by Gasteiger charge is -2.09. The van der Waals surface area contributed by atoms with E-state index in [0.717, 1.165) is 11.1 Å². The van der Waals surface area contributed by atoms with Crippen LogP contribution in [-0.4, -0.2) is 24.3 Å². The van der Waals surface area contributed by atoms with E-state index in [1.165, 1.54) is 0 Å². The Kier molecular flexibility index (Phi) is 7.88. The molecule has 3 rings (SSSR count). The maximum absolute atomic E-state index is 12.4. The molecule has 3 aromatic carbocycles. The van der Waals surface area contributed by atoms with Gasteiger partial charge >= 0.3 is 5.97 Å². The third-order valence-corrected chi connectivity index (χ3v) is 4.71.